The number of carbonyl (C=O) groups is 2. The summed E-state index contributed by atoms with van der Waals surface area (Å²) in [4.78, 5) is 48.2. The van der Waals surface area contributed by atoms with E-state index in [0.717, 1.165) is 20.2 Å². The number of alkyl halides is 3. The topological polar surface area (TPSA) is 106 Å². The first kappa shape index (κ1) is 24.3. The second-order valence-electron chi connectivity index (χ2n) is 7.03. The molecule has 0 unspecified atom stereocenters. The van der Waals surface area contributed by atoms with Gasteiger partial charge in [0.2, 0.25) is 5.60 Å². The molecule has 1 aromatic carbocycles. The number of esters is 2. The number of aromatic nitrogens is 2. The Labute approximate surface area is 187 Å². The zero-order valence-electron chi connectivity index (χ0n) is 17.0. The monoisotopic (exact) mass is 494 g/mol. The highest BCUT2D eigenvalue weighted by Crippen LogP contribution is 2.44. The second kappa shape index (κ2) is 8.54. The molecule has 1 aliphatic rings. The van der Waals surface area contributed by atoms with Gasteiger partial charge in [0.15, 0.2) is 6.61 Å². The van der Waals surface area contributed by atoms with Crippen molar-refractivity contribution in [3.8, 4) is 11.4 Å². The number of benzene rings is 1. The van der Waals surface area contributed by atoms with E-state index < -0.39 is 58.8 Å². The molecule has 33 heavy (non-hydrogen) atoms. The SMILES string of the molecule is COC(=O)COC(=O)C1(Oc2cc(-n3c(=O)cc(C(F)(F)F)n(C)c3=O)c(F)cc2Cl)CC1. The van der Waals surface area contributed by atoms with Crippen molar-refractivity contribution in [1.82, 2.24) is 9.13 Å². The van der Waals surface area contributed by atoms with Crippen molar-refractivity contribution in [2.75, 3.05) is 13.7 Å². The average molecular weight is 495 g/mol. The van der Waals surface area contributed by atoms with Gasteiger partial charge in [-0.05, 0) is 6.07 Å². The quantitative estimate of drug-likeness (QED) is 0.446. The van der Waals surface area contributed by atoms with Gasteiger partial charge in [-0.25, -0.2) is 23.3 Å². The summed E-state index contributed by atoms with van der Waals surface area (Å²) in [5.74, 6) is -3.30. The van der Waals surface area contributed by atoms with E-state index in [1.807, 2.05) is 0 Å². The number of hydrogen-bond acceptors (Lipinski definition) is 7. The fourth-order valence-corrected chi connectivity index (χ4v) is 3.06. The third-order valence-electron chi connectivity index (χ3n) is 4.78. The van der Waals surface area contributed by atoms with Crippen LogP contribution in [0.1, 0.15) is 18.5 Å². The maximum absolute atomic E-state index is 14.6. The molecule has 178 valence electrons. The van der Waals surface area contributed by atoms with Crippen LogP contribution in [0.2, 0.25) is 5.02 Å². The first-order chi connectivity index (χ1) is 15.3. The summed E-state index contributed by atoms with van der Waals surface area (Å²) in [6, 6.07) is 1.62. The molecule has 1 aromatic heterocycles. The lowest BCUT2D eigenvalue weighted by molar-refractivity contribution is -0.163. The van der Waals surface area contributed by atoms with Gasteiger partial charge in [0.05, 0.1) is 17.8 Å². The van der Waals surface area contributed by atoms with E-state index in [2.05, 4.69) is 4.74 Å². The lowest BCUT2D eigenvalue weighted by atomic mass is 10.2. The zero-order chi connectivity index (χ0) is 24.7. The molecule has 2 aromatic rings. The van der Waals surface area contributed by atoms with Crippen molar-refractivity contribution in [3.05, 3.63) is 55.6 Å². The van der Waals surface area contributed by atoms with Crippen molar-refractivity contribution in [2.24, 2.45) is 7.05 Å². The summed E-state index contributed by atoms with van der Waals surface area (Å²) in [6.45, 7) is -0.681. The van der Waals surface area contributed by atoms with Crippen molar-refractivity contribution < 1.29 is 41.4 Å². The number of hydrogen-bond donors (Lipinski definition) is 0. The van der Waals surface area contributed by atoms with Crippen LogP contribution in [0.25, 0.3) is 5.69 Å². The molecular weight excluding hydrogens is 480 g/mol. The summed E-state index contributed by atoms with van der Waals surface area (Å²) in [5, 5.41) is -0.347. The summed E-state index contributed by atoms with van der Waals surface area (Å²) in [7, 11) is 1.86. The van der Waals surface area contributed by atoms with Gasteiger partial charge in [0.1, 0.15) is 17.3 Å². The fraction of sp³-hybridized carbons (Fsp3) is 0.368. The molecule has 9 nitrogen and oxygen atoms in total. The standard InChI is InChI=1S/C19H15ClF4N2O7/c1-25-13(19(22,23)24)7-14(27)26(17(25)30)11-6-12(9(20)5-10(11)21)33-18(3-4-18)16(29)32-8-15(28)31-2/h5-7H,3-4,8H2,1-2H3. The molecule has 3 rings (SSSR count). The zero-order valence-corrected chi connectivity index (χ0v) is 17.8. The number of halogens is 5. The van der Waals surface area contributed by atoms with Crippen LogP contribution in [0, 0.1) is 5.82 Å². The molecule has 1 saturated carbocycles. The molecular formula is C19H15ClF4N2O7. The fourth-order valence-electron chi connectivity index (χ4n) is 2.87. The highest BCUT2D eigenvalue weighted by molar-refractivity contribution is 6.32. The van der Waals surface area contributed by atoms with E-state index in [-0.39, 0.29) is 38.8 Å². The minimum atomic E-state index is -5.00. The third kappa shape index (κ3) is 4.72. The lowest BCUT2D eigenvalue weighted by Gasteiger charge is -2.19. The number of methoxy groups -OCH3 is 1. The van der Waals surface area contributed by atoms with Crippen LogP contribution in [0.15, 0.2) is 27.8 Å². The van der Waals surface area contributed by atoms with Crippen LogP contribution < -0.4 is 16.0 Å². The van der Waals surface area contributed by atoms with Gasteiger partial charge >= 0.3 is 23.8 Å². The third-order valence-corrected chi connectivity index (χ3v) is 5.08. The minimum Gasteiger partial charge on any atom is -0.474 e. The van der Waals surface area contributed by atoms with E-state index in [1.165, 1.54) is 0 Å². The van der Waals surface area contributed by atoms with E-state index in [0.29, 0.717) is 6.07 Å². The first-order valence-electron chi connectivity index (χ1n) is 9.13. The predicted octanol–water partition coefficient (Wildman–Crippen LogP) is 1.98. The van der Waals surface area contributed by atoms with Gasteiger partial charge in [-0.3, -0.25) is 9.36 Å². The van der Waals surface area contributed by atoms with E-state index in [1.54, 1.807) is 0 Å². The number of carbonyl (C=O) groups excluding carboxylic acids is 2. The second-order valence-corrected chi connectivity index (χ2v) is 7.43. The first-order valence-corrected chi connectivity index (χ1v) is 9.51. The number of ether oxygens (including phenoxy) is 3. The van der Waals surface area contributed by atoms with E-state index in [4.69, 9.17) is 21.1 Å². The van der Waals surface area contributed by atoms with Gasteiger partial charge in [-0.2, -0.15) is 13.2 Å². The Morgan fingerprint density at radius 3 is 2.36 bits per heavy atom. The normalized spacial score (nSPS) is 14.5. The largest absolute Gasteiger partial charge is 0.474 e. The molecule has 0 bridgehead atoms. The van der Waals surface area contributed by atoms with Crippen LogP contribution in [0.5, 0.6) is 5.75 Å². The van der Waals surface area contributed by atoms with Gasteiger partial charge in [-0.15, -0.1) is 0 Å². The van der Waals surface area contributed by atoms with Crippen molar-refractivity contribution in [1.29, 1.82) is 0 Å². The molecule has 0 saturated heterocycles. The Morgan fingerprint density at radius 2 is 1.82 bits per heavy atom. The predicted molar refractivity (Wildman–Crippen MR) is 103 cm³/mol. The highest BCUT2D eigenvalue weighted by Gasteiger charge is 2.55. The van der Waals surface area contributed by atoms with Crippen LogP contribution in [0.4, 0.5) is 17.6 Å². The summed E-state index contributed by atoms with van der Waals surface area (Å²) in [6.07, 6.45) is -4.70. The Hall–Kier alpha value is -3.35. The van der Waals surface area contributed by atoms with E-state index >= 15 is 0 Å². The Kier molecular flexibility index (Phi) is 6.29. The summed E-state index contributed by atoms with van der Waals surface area (Å²) >= 11 is 5.96. The number of rotatable bonds is 6. The Bertz CT molecular complexity index is 1250. The molecule has 0 aliphatic heterocycles. The van der Waals surface area contributed by atoms with Crippen molar-refractivity contribution in [3.63, 3.8) is 0 Å². The minimum absolute atomic E-state index is 0.141. The highest BCUT2D eigenvalue weighted by atomic mass is 35.5. The van der Waals surface area contributed by atoms with Gasteiger partial charge in [0.25, 0.3) is 5.56 Å². The molecule has 1 fully saturated rings. The summed E-state index contributed by atoms with van der Waals surface area (Å²) in [5.41, 5.74) is -6.74. The molecule has 0 spiro atoms. The van der Waals surface area contributed by atoms with Crippen LogP contribution in [-0.4, -0.2) is 40.4 Å². The van der Waals surface area contributed by atoms with E-state index in [9.17, 15) is 36.7 Å². The smallest absolute Gasteiger partial charge is 0.431 e. The molecule has 1 aliphatic carbocycles. The van der Waals surface area contributed by atoms with Gasteiger partial charge in [0, 0.05) is 32.0 Å². The molecule has 0 atom stereocenters. The molecule has 1 heterocycles. The maximum Gasteiger partial charge on any atom is 0.431 e. The Balaban J connectivity index is 2.01. The maximum atomic E-state index is 14.6. The van der Waals surface area contributed by atoms with Crippen molar-refractivity contribution >= 4 is 23.5 Å². The molecule has 0 amide bonds. The molecule has 0 radical (unpaired) electrons. The average Bonchev–Trinajstić information content (AvgIpc) is 3.51. The van der Waals surface area contributed by atoms with Crippen molar-refractivity contribution in [2.45, 2.75) is 24.6 Å². The van der Waals surface area contributed by atoms with Crippen LogP contribution in [0.3, 0.4) is 0 Å². The number of nitrogens with zero attached hydrogens (tertiary/aromatic N) is 2. The van der Waals surface area contributed by atoms with Gasteiger partial charge in [-0.1, -0.05) is 11.6 Å². The summed E-state index contributed by atoms with van der Waals surface area (Å²) < 4.78 is 68.8. The lowest BCUT2D eigenvalue weighted by Crippen LogP contribution is -2.41. The Morgan fingerprint density at radius 1 is 1.18 bits per heavy atom. The van der Waals surface area contributed by atoms with Crippen LogP contribution in [-0.2, 0) is 32.3 Å². The van der Waals surface area contributed by atoms with Crippen LogP contribution >= 0.6 is 11.6 Å². The molecule has 0 N–H and O–H groups in total. The van der Waals surface area contributed by atoms with Gasteiger partial charge < -0.3 is 14.2 Å². The molecule has 14 heteroatoms.